The molecular weight excluding hydrogens is 440 g/mol. The van der Waals surface area contributed by atoms with E-state index in [0.717, 1.165) is 18.2 Å². The van der Waals surface area contributed by atoms with Crippen molar-refractivity contribution in [1.82, 2.24) is 20.2 Å². The van der Waals surface area contributed by atoms with Crippen molar-refractivity contribution in [3.05, 3.63) is 80.9 Å². The van der Waals surface area contributed by atoms with Crippen LogP contribution in [0, 0.1) is 11.6 Å². The molecule has 1 aliphatic rings. The van der Waals surface area contributed by atoms with Crippen molar-refractivity contribution in [1.29, 1.82) is 0 Å². The molecule has 0 bridgehead atoms. The topological polar surface area (TPSA) is 81.0 Å². The Morgan fingerprint density at radius 3 is 2.58 bits per heavy atom. The van der Waals surface area contributed by atoms with Crippen molar-refractivity contribution >= 4 is 27.6 Å². The van der Waals surface area contributed by atoms with Gasteiger partial charge in [-0.25, -0.2) is 17.6 Å². The molecule has 6 nitrogen and oxygen atoms in total. The SMILES string of the molecule is CN(C(=O)c1cc2c(C(F)F)cc(F)cc2[nH]1)[C@@H]1CNCc2[nH]c(=O)c3cc(F)ccc3c21. The normalized spacial score (nSPS) is 15.9. The lowest BCUT2D eigenvalue weighted by atomic mass is 9.94. The summed E-state index contributed by atoms with van der Waals surface area (Å²) in [6.45, 7) is 0.713. The number of halogens is 4. The van der Waals surface area contributed by atoms with Crippen molar-refractivity contribution in [2.45, 2.75) is 19.0 Å². The van der Waals surface area contributed by atoms with Gasteiger partial charge in [0.25, 0.3) is 17.9 Å². The molecule has 0 fully saturated rings. The number of pyridine rings is 1. The average Bonchev–Trinajstić information content (AvgIpc) is 3.21. The summed E-state index contributed by atoms with van der Waals surface area (Å²) in [4.78, 5) is 32.6. The largest absolute Gasteiger partial charge is 0.350 e. The molecule has 3 heterocycles. The molecule has 5 rings (SSSR count). The van der Waals surface area contributed by atoms with Crippen molar-refractivity contribution in [2.75, 3.05) is 13.6 Å². The first kappa shape index (κ1) is 21.2. The lowest BCUT2D eigenvalue weighted by Crippen LogP contribution is -2.42. The Hall–Kier alpha value is -3.66. The molecule has 1 atom stereocenters. The Morgan fingerprint density at radius 1 is 1.03 bits per heavy atom. The highest BCUT2D eigenvalue weighted by Gasteiger charge is 2.31. The quantitative estimate of drug-likeness (QED) is 0.404. The number of hydrogen-bond donors (Lipinski definition) is 3. The molecule has 2 aromatic heterocycles. The maximum absolute atomic E-state index is 13.8. The van der Waals surface area contributed by atoms with Gasteiger partial charge in [0.1, 0.15) is 17.3 Å². The second-order valence-corrected chi connectivity index (χ2v) is 8.04. The lowest BCUT2D eigenvalue weighted by molar-refractivity contribution is 0.0718. The number of aromatic nitrogens is 2. The van der Waals surface area contributed by atoms with E-state index in [1.165, 1.54) is 23.1 Å². The van der Waals surface area contributed by atoms with Crippen molar-refractivity contribution in [3.8, 4) is 0 Å². The molecule has 2 aromatic carbocycles. The fraction of sp³-hybridized carbons (Fsp3) is 0.217. The molecule has 10 heteroatoms. The first-order valence-electron chi connectivity index (χ1n) is 10.2. The Kier molecular flexibility index (Phi) is 4.97. The second kappa shape index (κ2) is 7.73. The van der Waals surface area contributed by atoms with Gasteiger partial charge in [0.15, 0.2) is 0 Å². The molecule has 4 aromatic rings. The summed E-state index contributed by atoms with van der Waals surface area (Å²) in [5, 5.41) is 3.91. The van der Waals surface area contributed by atoms with Crippen LogP contribution in [0.15, 0.2) is 41.2 Å². The number of H-pyrrole nitrogens is 2. The van der Waals surface area contributed by atoms with Crippen LogP contribution in [0.1, 0.15) is 39.8 Å². The van der Waals surface area contributed by atoms with Gasteiger partial charge in [-0.05, 0) is 35.7 Å². The zero-order valence-corrected chi connectivity index (χ0v) is 17.3. The van der Waals surface area contributed by atoms with Crippen molar-refractivity contribution in [3.63, 3.8) is 0 Å². The van der Waals surface area contributed by atoms with E-state index in [2.05, 4.69) is 15.3 Å². The number of carbonyl (C=O) groups is 1. The number of hydrogen-bond acceptors (Lipinski definition) is 3. The highest BCUT2D eigenvalue weighted by atomic mass is 19.3. The number of nitrogens with zero attached hydrogens (tertiary/aromatic N) is 1. The van der Waals surface area contributed by atoms with Crippen LogP contribution in [0.5, 0.6) is 0 Å². The van der Waals surface area contributed by atoms with Gasteiger partial charge in [0.2, 0.25) is 0 Å². The van der Waals surface area contributed by atoms with Crippen LogP contribution >= 0.6 is 0 Å². The summed E-state index contributed by atoms with van der Waals surface area (Å²) < 4.78 is 54.3. The number of carbonyl (C=O) groups excluding carboxylic acids is 1. The fourth-order valence-corrected chi connectivity index (χ4v) is 4.52. The molecule has 0 saturated heterocycles. The van der Waals surface area contributed by atoms with Crippen molar-refractivity contribution in [2.24, 2.45) is 0 Å². The van der Waals surface area contributed by atoms with Crippen LogP contribution in [0.2, 0.25) is 0 Å². The van der Waals surface area contributed by atoms with Crippen LogP contribution < -0.4 is 10.9 Å². The molecule has 33 heavy (non-hydrogen) atoms. The van der Waals surface area contributed by atoms with E-state index in [4.69, 9.17) is 0 Å². The number of nitrogens with one attached hydrogen (secondary N) is 3. The average molecular weight is 458 g/mol. The van der Waals surface area contributed by atoms with Gasteiger partial charge >= 0.3 is 0 Å². The molecule has 0 saturated carbocycles. The third kappa shape index (κ3) is 3.46. The summed E-state index contributed by atoms with van der Waals surface area (Å²) in [5.74, 6) is -1.89. The molecule has 170 valence electrons. The number of amides is 1. The highest BCUT2D eigenvalue weighted by Crippen LogP contribution is 2.33. The number of likely N-dealkylation sites (N-methyl/N-ethyl adjacent to an activating group) is 1. The molecule has 0 unspecified atom stereocenters. The molecular formula is C23H18F4N4O2. The van der Waals surface area contributed by atoms with E-state index >= 15 is 0 Å². The van der Waals surface area contributed by atoms with Gasteiger partial charge in [0.05, 0.1) is 11.4 Å². The lowest BCUT2D eigenvalue weighted by Gasteiger charge is -2.34. The van der Waals surface area contributed by atoms with Gasteiger partial charge in [-0.3, -0.25) is 9.59 Å². The van der Waals surface area contributed by atoms with Crippen LogP contribution in [0.4, 0.5) is 17.6 Å². The minimum Gasteiger partial charge on any atom is -0.350 e. The van der Waals surface area contributed by atoms with Crippen LogP contribution in [0.3, 0.4) is 0 Å². The number of aromatic amines is 2. The molecule has 0 aliphatic carbocycles. The minimum atomic E-state index is -2.90. The zero-order valence-electron chi connectivity index (χ0n) is 17.3. The summed E-state index contributed by atoms with van der Waals surface area (Å²) in [6.07, 6.45) is -2.90. The predicted molar refractivity (Wildman–Crippen MR) is 114 cm³/mol. The van der Waals surface area contributed by atoms with Gasteiger partial charge < -0.3 is 20.2 Å². The number of fused-ring (bicyclic) bond motifs is 4. The standard InChI is InChI=1S/C23H18F4N4O2/c1-31(23(33)17-7-13-14(21(26)27)5-11(25)6-16(13)29-17)19-9-28-8-18-20(19)12-3-2-10(24)4-15(12)22(32)30-18/h2-7,19,21,28-29H,8-9H2,1H3,(H,30,32)/t19-/m1/s1. The van der Waals surface area contributed by atoms with Crippen LogP contribution in [-0.4, -0.2) is 34.4 Å². The Morgan fingerprint density at radius 2 is 1.82 bits per heavy atom. The van der Waals surface area contributed by atoms with Gasteiger partial charge in [-0.15, -0.1) is 0 Å². The highest BCUT2D eigenvalue weighted by molar-refractivity contribution is 5.99. The third-order valence-corrected chi connectivity index (χ3v) is 6.07. The smallest absolute Gasteiger partial charge is 0.270 e. The maximum atomic E-state index is 13.8. The van der Waals surface area contributed by atoms with E-state index < -0.39 is 41.1 Å². The fourth-order valence-electron chi connectivity index (χ4n) is 4.52. The molecule has 1 amide bonds. The van der Waals surface area contributed by atoms with Gasteiger partial charge in [-0.2, -0.15) is 0 Å². The van der Waals surface area contributed by atoms with E-state index in [9.17, 15) is 27.2 Å². The van der Waals surface area contributed by atoms with E-state index in [-0.39, 0.29) is 22.0 Å². The Labute approximate surface area is 184 Å². The molecule has 1 aliphatic heterocycles. The summed E-state index contributed by atoms with van der Waals surface area (Å²) in [6, 6.07) is 6.46. The number of alkyl halides is 2. The molecule has 0 radical (unpaired) electrons. The number of benzene rings is 2. The van der Waals surface area contributed by atoms with Crippen LogP contribution in [-0.2, 0) is 6.54 Å². The molecule has 0 spiro atoms. The summed E-state index contributed by atoms with van der Waals surface area (Å²) >= 11 is 0. The van der Waals surface area contributed by atoms with E-state index in [1.807, 2.05) is 0 Å². The Balaban J connectivity index is 1.59. The van der Waals surface area contributed by atoms with Crippen molar-refractivity contribution < 1.29 is 22.4 Å². The van der Waals surface area contributed by atoms with E-state index in [1.54, 1.807) is 7.05 Å². The third-order valence-electron chi connectivity index (χ3n) is 6.07. The van der Waals surface area contributed by atoms with Gasteiger partial charge in [0, 0.05) is 47.9 Å². The number of rotatable bonds is 3. The first-order chi connectivity index (χ1) is 15.7. The first-order valence-corrected chi connectivity index (χ1v) is 10.2. The Bertz CT molecular complexity index is 1480. The zero-order chi connectivity index (χ0) is 23.4. The summed E-state index contributed by atoms with van der Waals surface area (Å²) in [5.41, 5.74) is 0.430. The monoisotopic (exact) mass is 458 g/mol. The van der Waals surface area contributed by atoms with Crippen LogP contribution in [0.25, 0.3) is 21.7 Å². The molecule has 3 N–H and O–H groups in total. The maximum Gasteiger partial charge on any atom is 0.270 e. The predicted octanol–water partition coefficient (Wildman–Crippen LogP) is 4.14. The summed E-state index contributed by atoms with van der Waals surface area (Å²) in [7, 11) is 1.55. The van der Waals surface area contributed by atoms with E-state index in [0.29, 0.717) is 29.7 Å². The minimum absolute atomic E-state index is 0.0203. The second-order valence-electron chi connectivity index (χ2n) is 8.04. The van der Waals surface area contributed by atoms with Gasteiger partial charge in [-0.1, -0.05) is 6.07 Å².